The Bertz CT molecular complexity index is 1250. The van der Waals surface area contributed by atoms with Crippen molar-refractivity contribution in [2.45, 2.75) is 63.3 Å². The zero-order valence-corrected chi connectivity index (χ0v) is 22.7. The first kappa shape index (κ1) is 27.8. The van der Waals surface area contributed by atoms with Gasteiger partial charge in [-0.05, 0) is 50.2 Å². The largest absolute Gasteiger partial charge is 0.396 e. The number of rotatable bonds is 8. The van der Waals surface area contributed by atoms with Crippen LogP contribution < -0.4 is 10.2 Å². The standard InChI is InChI=1S/C26H32FN3O7Si/c1-15-23(38(3,4)27)22(11-12-31)37-26(15)20-13-19(30(35)36)9-10-21(20)29(25(26)34)14-17-5-7-18(8-6-17)28-24(33)16(2)32/h5-10,13,15-16,22-23,31-32H,11-12,14H2,1-4H3,(H,28,33)/t15-,16+,22+,23-,26+/m1/s1. The average Bonchev–Trinajstić information content (AvgIpc) is 3.27. The number of ether oxygens (including phenoxy) is 1. The number of fused-ring (bicyclic) bond motifs is 2. The molecular weight excluding hydrogens is 513 g/mol. The fraction of sp³-hybridized carbons (Fsp3) is 0.462. The molecule has 5 atom stereocenters. The van der Waals surface area contributed by atoms with Crippen molar-refractivity contribution in [2.24, 2.45) is 5.92 Å². The Hall–Kier alpha value is -3.19. The summed E-state index contributed by atoms with van der Waals surface area (Å²) in [6, 6.07) is 10.9. The summed E-state index contributed by atoms with van der Waals surface area (Å²) in [5.74, 6) is -1.61. The third-order valence-electron chi connectivity index (χ3n) is 7.51. The maximum Gasteiger partial charge on any atom is 0.269 e. The van der Waals surface area contributed by atoms with Crippen LogP contribution in [0.2, 0.25) is 18.6 Å². The van der Waals surface area contributed by atoms with Gasteiger partial charge in [-0.3, -0.25) is 19.7 Å². The van der Waals surface area contributed by atoms with Gasteiger partial charge in [0.15, 0.2) is 5.60 Å². The quantitative estimate of drug-likeness (QED) is 0.199. The van der Waals surface area contributed by atoms with E-state index >= 15 is 4.11 Å². The molecule has 0 aromatic heterocycles. The monoisotopic (exact) mass is 545 g/mol. The van der Waals surface area contributed by atoms with Gasteiger partial charge in [0, 0.05) is 41.4 Å². The molecule has 3 N–H and O–H groups in total. The Kier molecular flexibility index (Phi) is 7.45. The Morgan fingerprint density at radius 1 is 1.29 bits per heavy atom. The van der Waals surface area contributed by atoms with Gasteiger partial charge in [-0.15, -0.1) is 0 Å². The van der Waals surface area contributed by atoms with E-state index in [0.29, 0.717) is 22.5 Å². The Balaban J connectivity index is 1.74. The van der Waals surface area contributed by atoms with Crippen LogP contribution in [0.1, 0.15) is 31.4 Å². The van der Waals surface area contributed by atoms with Gasteiger partial charge in [0.2, 0.25) is 8.41 Å². The number of nitrogens with zero attached hydrogens (tertiary/aromatic N) is 2. The Labute approximate surface area is 220 Å². The van der Waals surface area contributed by atoms with Crippen LogP contribution in [0.4, 0.5) is 21.2 Å². The summed E-state index contributed by atoms with van der Waals surface area (Å²) in [6.07, 6.45) is -1.73. The van der Waals surface area contributed by atoms with Gasteiger partial charge in [-0.1, -0.05) is 19.1 Å². The number of nitro benzene ring substituents is 1. The maximum atomic E-state index is 15.6. The molecule has 0 bridgehead atoms. The zero-order valence-electron chi connectivity index (χ0n) is 21.7. The highest BCUT2D eigenvalue weighted by molar-refractivity contribution is 6.72. The molecule has 0 saturated carbocycles. The Morgan fingerprint density at radius 3 is 2.50 bits per heavy atom. The van der Waals surface area contributed by atoms with E-state index in [4.69, 9.17) is 4.74 Å². The van der Waals surface area contributed by atoms with E-state index in [9.17, 15) is 29.9 Å². The highest BCUT2D eigenvalue weighted by Gasteiger charge is 2.66. The van der Waals surface area contributed by atoms with E-state index in [1.54, 1.807) is 44.3 Å². The van der Waals surface area contributed by atoms with Crippen molar-refractivity contribution in [3.8, 4) is 0 Å². The van der Waals surface area contributed by atoms with Gasteiger partial charge in [0.1, 0.15) is 6.10 Å². The molecule has 2 aromatic carbocycles. The molecule has 0 unspecified atom stereocenters. The third-order valence-corrected chi connectivity index (χ3v) is 9.97. The molecule has 10 nitrogen and oxygen atoms in total. The number of benzene rings is 2. The van der Waals surface area contributed by atoms with Gasteiger partial charge in [0.05, 0.1) is 23.3 Å². The molecule has 1 saturated heterocycles. The summed E-state index contributed by atoms with van der Waals surface area (Å²) in [7, 11) is -3.38. The number of non-ortho nitro benzene ring substituents is 1. The second-order valence-electron chi connectivity index (χ2n) is 10.5. The second-order valence-corrected chi connectivity index (χ2v) is 14.3. The molecule has 2 aromatic rings. The fourth-order valence-electron chi connectivity index (χ4n) is 5.83. The SMILES string of the molecule is C[C@H](O)C(=O)Nc1ccc(CN2C(=O)[C@@]3(O[C@@H](CCO)[C@H]([Si](C)(C)F)[C@H]3C)c3cc([N+](=O)[O-])ccc32)cc1. The summed E-state index contributed by atoms with van der Waals surface area (Å²) in [5.41, 5.74) is -0.475. The molecule has 2 amide bonds. The maximum absolute atomic E-state index is 15.6. The summed E-state index contributed by atoms with van der Waals surface area (Å²) in [6.45, 7) is 6.06. The van der Waals surface area contributed by atoms with Gasteiger partial charge in [0.25, 0.3) is 17.5 Å². The molecule has 12 heteroatoms. The first-order valence-electron chi connectivity index (χ1n) is 12.5. The molecule has 1 spiro atoms. The lowest BCUT2D eigenvalue weighted by Crippen LogP contribution is -2.45. The summed E-state index contributed by atoms with van der Waals surface area (Å²) >= 11 is 0. The van der Waals surface area contributed by atoms with Crippen LogP contribution in [0, 0.1) is 16.0 Å². The number of hydrogen-bond acceptors (Lipinski definition) is 7. The number of halogens is 1. The summed E-state index contributed by atoms with van der Waals surface area (Å²) in [5, 5.41) is 33.2. The molecule has 0 radical (unpaired) electrons. The number of nitro groups is 1. The smallest absolute Gasteiger partial charge is 0.269 e. The number of anilines is 2. The van der Waals surface area contributed by atoms with Crippen LogP contribution in [0.3, 0.4) is 0 Å². The van der Waals surface area contributed by atoms with E-state index < -0.39 is 54.4 Å². The van der Waals surface area contributed by atoms with Crippen molar-refractivity contribution in [3.05, 3.63) is 63.7 Å². The predicted molar refractivity (Wildman–Crippen MR) is 141 cm³/mol. The average molecular weight is 546 g/mol. The van der Waals surface area contributed by atoms with Gasteiger partial charge in [-0.25, -0.2) is 0 Å². The van der Waals surface area contributed by atoms with Crippen LogP contribution in [0.5, 0.6) is 0 Å². The summed E-state index contributed by atoms with van der Waals surface area (Å²) < 4.78 is 22.0. The van der Waals surface area contributed by atoms with Crippen LogP contribution in [0.25, 0.3) is 0 Å². The van der Waals surface area contributed by atoms with Gasteiger partial charge >= 0.3 is 0 Å². The molecule has 204 valence electrons. The first-order valence-corrected chi connectivity index (χ1v) is 15.4. The molecule has 38 heavy (non-hydrogen) atoms. The number of aliphatic hydroxyl groups is 2. The lowest BCUT2D eigenvalue weighted by atomic mass is 9.82. The minimum absolute atomic E-state index is 0.109. The lowest BCUT2D eigenvalue weighted by molar-refractivity contribution is -0.385. The van der Waals surface area contributed by atoms with Crippen molar-refractivity contribution >= 4 is 37.3 Å². The molecule has 0 aliphatic carbocycles. The number of aliphatic hydroxyl groups excluding tert-OH is 2. The molecule has 1 fully saturated rings. The molecule has 2 aliphatic rings. The van der Waals surface area contributed by atoms with Crippen LogP contribution in [-0.4, -0.2) is 54.2 Å². The van der Waals surface area contributed by atoms with E-state index in [1.165, 1.54) is 30.0 Å². The van der Waals surface area contributed by atoms with Crippen molar-refractivity contribution in [3.63, 3.8) is 0 Å². The molecule has 2 heterocycles. The van der Waals surface area contributed by atoms with Crippen molar-refractivity contribution in [1.82, 2.24) is 0 Å². The van der Waals surface area contributed by atoms with Crippen molar-refractivity contribution in [2.75, 3.05) is 16.8 Å². The molecule has 2 aliphatic heterocycles. The molecular formula is C26H32FN3O7Si. The zero-order chi connectivity index (χ0) is 28.0. The van der Waals surface area contributed by atoms with Crippen molar-refractivity contribution < 1.29 is 33.6 Å². The van der Waals surface area contributed by atoms with E-state index in [-0.39, 0.29) is 25.3 Å². The Morgan fingerprint density at radius 2 is 1.95 bits per heavy atom. The highest BCUT2D eigenvalue weighted by atomic mass is 28.4. The van der Waals surface area contributed by atoms with Crippen LogP contribution >= 0.6 is 0 Å². The van der Waals surface area contributed by atoms with E-state index in [1.807, 2.05) is 0 Å². The first-order chi connectivity index (χ1) is 17.8. The third kappa shape index (κ3) is 4.73. The second kappa shape index (κ2) is 10.2. The van der Waals surface area contributed by atoms with Crippen LogP contribution in [-0.2, 0) is 26.5 Å². The minimum atomic E-state index is -3.38. The van der Waals surface area contributed by atoms with Gasteiger partial charge < -0.3 is 29.3 Å². The minimum Gasteiger partial charge on any atom is -0.396 e. The predicted octanol–water partition coefficient (Wildman–Crippen LogP) is 3.62. The van der Waals surface area contributed by atoms with E-state index in [2.05, 4.69) is 5.32 Å². The van der Waals surface area contributed by atoms with Gasteiger partial charge in [-0.2, -0.15) is 0 Å². The normalized spacial score (nSPS) is 25.5. The van der Waals surface area contributed by atoms with Crippen molar-refractivity contribution in [1.29, 1.82) is 0 Å². The number of nitrogens with one attached hydrogen (secondary N) is 1. The molecule has 4 rings (SSSR count). The van der Waals surface area contributed by atoms with Crippen LogP contribution in [0.15, 0.2) is 42.5 Å². The number of amides is 2. The highest BCUT2D eigenvalue weighted by Crippen LogP contribution is 2.60. The number of carbonyl (C=O) groups is 2. The fourth-order valence-corrected chi connectivity index (χ4v) is 8.37. The number of hydrogen-bond donors (Lipinski definition) is 3. The summed E-state index contributed by atoms with van der Waals surface area (Å²) in [4.78, 5) is 38.5. The topological polar surface area (TPSA) is 142 Å². The number of carbonyl (C=O) groups excluding carboxylic acids is 2. The van der Waals surface area contributed by atoms with E-state index in [0.717, 1.165) is 0 Å². The lowest BCUT2D eigenvalue weighted by Gasteiger charge is -2.31.